The third-order valence-corrected chi connectivity index (χ3v) is 2.69. The number of aromatic nitrogens is 1. The Morgan fingerprint density at radius 1 is 1.32 bits per heavy atom. The fraction of sp³-hybridized carbons (Fsp3) is 0.214. The van der Waals surface area contributed by atoms with E-state index in [2.05, 4.69) is 10.3 Å². The minimum absolute atomic E-state index is 0.218. The highest BCUT2D eigenvalue weighted by atomic mass is 19.1. The lowest BCUT2D eigenvalue weighted by Crippen LogP contribution is -2.07. The predicted molar refractivity (Wildman–Crippen MR) is 73.8 cm³/mol. The molecular weight excluding hydrogens is 245 g/mol. The van der Waals surface area contributed by atoms with Crippen molar-refractivity contribution in [3.8, 4) is 5.88 Å². The summed E-state index contributed by atoms with van der Waals surface area (Å²) in [5.74, 6) is 0.864. The zero-order valence-corrected chi connectivity index (χ0v) is 10.7. The zero-order valence-electron chi connectivity index (χ0n) is 10.7. The quantitative estimate of drug-likeness (QED) is 0.868. The molecule has 0 aliphatic heterocycles. The smallest absolute Gasteiger partial charge is 0.238 e. The van der Waals surface area contributed by atoms with Crippen LogP contribution in [0.2, 0.25) is 0 Å². The van der Waals surface area contributed by atoms with E-state index in [0.717, 1.165) is 5.56 Å². The number of ether oxygens (including phenoxy) is 1. The monoisotopic (exact) mass is 261 g/mol. The van der Waals surface area contributed by atoms with Crippen LogP contribution < -0.4 is 15.8 Å². The summed E-state index contributed by atoms with van der Waals surface area (Å²) in [7, 11) is 1.52. The van der Waals surface area contributed by atoms with Crippen LogP contribution in [0.15, 0.2) is 36.4 Å². The first-order valence-corrected chi connectivity index (χ1v) is 5.98. The number of hydrogen-bond acceptors (Lipinski definition) is 4. The molecule has 0 atom stereocenters. The fourth-order valence-electron chi connectivity index (χ4n) is 1.74. The second-order valence-corrected chi connectivity index (χ2v) is 4.10. The van der Waals surface area contributed by atoms with Gasteiger partial charge in [-0.25, -0.2) is 4.39 Å². The second-order valence-electron chi connectivity index (χ2n) is 4.10. The van der Waals surface area contributed by atoms with Crippen molar-refractivity contribution in [2.24, 2.45) is 0 Å². The fourth-order valence-corrected chi connectivity index (χ4v) is 1.74. The molecule has 0 radical (unpaired) electrons. The summed E-state index contributed by atoms with van der Waals surface area (Å²) in [6.45, 7) is 0.656. The van der Waals surface area contributed by atoms with E-state index < -0.39 is 0 Å². The molecule has 1 aromatic carbocycles. The summed E-state index contributed by atoms with van der Waals surface area (Å²) in [5.41, 5.74) is 7.12. The molecule has 2 aromatic rings. The standard InChI is InChI=1S/C14H16FN3O/c1-19-14-12(16)5-6-13(18-14)17-8-7-10-3-2-4-11(15)9-10/h2-6,9H,7-8,16H2,1H3,(H,17,18). The van der Waals surface area contributed by atoms with Crippen LogP contribution in [0.5, 0.6) is 5.88 Å². The third-order valence-electron chi connectivity index (χ3n) is 2.69. The maximum atomic E-state index is 13.0. The molecule has 0 aliphatic carbocycles. The Morgan fingerprint density at radius 3 is 2.89 bits per heavy atom. The van der Waals surface area contributed by atoms with E-state index in [9.17, 15) is 4.39 Å². The minimum atomic E-state index is -0.218. The van der Waals surface area contributed by atoms with Crippen molar-refractivity contribution in [1.82, 2.24) is 4.98 Å². The number of benzene rings is 1. The van der Waals surface area contributed by atoms with E-state index >= 15 is 0 Å². The first-order valence-electron chi connectivity index (χ1n) is 5.98. The molecule has 0 bridgehead atoms. The lowest BCUT2D eigenvalue weighted by atomic mass is 10.1. The molecule has 19 heavy (non-hydrogen) atoms. The zero-order chi connectivity index (χ0) is 13.7. The molecule has 5 heteroatoms. The summed E-state index contributed by atoms with van der Waals surface area (Å²) in [4.78, 5) is 4.21. The van der Waals surface area contributed by atoms with Crippen LogP contribution in [0.25, 0.3) is 0 Å². The minimum Gasteiger partial charge on any atom is -0.479 e. The van der Waals surface area contributed by atoms with Crippen LogP contribution in [0, 0.1) is 5.82 Å². The van der Waals surface area contributed by atoms with E-state index in [1.165, 1.54) is 19.2 Å². The molecule has 2 rings (SSSR count). The molecule has 0 spiro atoms. The van der Waals surface area contributed by atoms with Gasteiger partial charge >= 0.3 is 0 Å². The van der Waals surface area contributed by atoms with Crippen LogP contribution in [0.3, 0.4) is 0 Å². The Labute approximate surface area is 111 Å². The van der Waals surface area contributed by atoms with Gasteiger partial charge < -0.3 is 15.8 Å². The number of halogens is 1. The van der Waals surface area contributed by atoms with E-state index in [1.807, 2.05) is 6.07 Å². The number of nitrogens with one attached hydrogen (secondary N) is 1. The molecule has 0 fully saturated rings. The number of anilines is 2. The van der Waals surface area contributed by atoms with Gasteiger partial charge in [0.05, 0.1) is 12.8 Å². The van der Waals surface area contributed by atoms with Crippen LogP contribution in [-0.4, -0.2) is 18.6 Å². The number of nitrogens with zero attached hydrogens (tertiary/aromatic N) is 1. The number of hydrogen-bond donors (Lipinski definition) is 2. The van der Waals surface area contributed by atoms with Gasteiger partial charge in [-0.1, -0.05) is 12.1 Å². The largest absolute Gasteiger partial charge is 0.479 e. The molecular formula is C14H16FN3O. The number of rotatable bonds is 5. The molecule has 100 valence electrons. The molecule has 3 N–H and O–H groups in total. The Balaban J connectivity index is 1.92. The van der Waals surface area contributed by atoms with Crippen LogP contribution in [0.1, 0.15) is 5.56 Å². The van der Waals surface area contributed by atoms with Crippen LogP contribution >= 0.6 is 0 Å². The lowest BCUT2D eigenvalue weighted by molar-refractivity contribution is 0.401. The normalized spacial score (nSPS) is 10.2. The molecule has 0 aliphatic rings. The third kappa shape index (κ3) is 3.58. The van der Waals surface area contributed by atoms with Gasteiger partial charge in [-0.15, -0.1) is 0 Å². The Hall–Kier alpha value is -2.30. The molecule has 0 amide bonds. The maximum Gasteiger partial charge on any atom is 0.238 e. The molecule has 0 unspecified atom stereocenters. The van der Waals surface area contributed by atoms with Gasteiger partial charge in [0.25, 0.3) is 0 Å². The molecule has 1 heterocycles. The summed E-state index contributed by atoms with van der Waals surface area (Å²) in [6, 6.07) is 10.1. The number of pyridine rings is 1. The van der Waals surface area contributed by atoms with Crippen molar-refractivity contribution in [2.45, 2.75) is 6.42 Å². The predicted octanol–water partition coefficient (Wildman–Crippen LogP) is 2.47. The van der Waals surface area contributed by atoms with E-state index in [-0.39, 0.29) is 5.82 Å². The molecule has 0 saturated heterocycles. The number of methoxy groups -OCH3 is 1. The van der Waals surface area contributed by atoms with Crippen molar-refractivity contribution in [3.63, 3.8) is 0 Å². The molecule has 1 aromatic heterocycles. The van der Waals surface area contributed by atoms with Crippen LogP contribution in [-0.2, 0) is 6.42 Å². The SMILES string of the molecule is COc1nc(NCCc2cccc(F)c2)ccc1N. The highest BCUT2D eigenvalue weighted by molar-refractivity contribution is 5.53. The highest BCUT2D eigenvalue weighted by Crippen LogP contribution is 2.20. The molecule has 0 saturated carbocycles. The summed E-state index contributed by atoms with van der Waals surface area (Å²) in [6.07, 6.45) is 0.714. The summed E-state index contributed by atoms with van der Waals surface area (Å²) < 4.78 is 18.0. The van der Waals surface area contributed by atoms with Gasteiger partial charge in [0.15, 0.2) is 0 Å². The van der Waals surface area contributed by atoms with Gasteiger partial charge in [-0.3, -0.25) is 0 Å². The van der Waals surface area contributed by atoms with Gasteiger partial charge in [0, 0.05) is 6.54 Å². The van der Waals surface area contributed by atoms with Crippen molar-refractivity contribution < 1.29 is 9.13 Å². The van der Waals surface area contributed by atoms with Gasteiger partial charge in [-0.2, -0.15) is 4.98 Å². The Bertz CT molecular complexity index is 560. The second kappa shape index (κ2) is 6.04. The van der Waals surface area contributed by atoms with Crippen molar-refractivity contribution in [1.29, 1.82) is 0 Å². The van der Waals surface area contributed by atoms with Crippen LogP contribution in [0.4, 0.5) is 15.9 Å². The van der Waals surface area contributed by atoms with Gasteiger partial charge in [0.2, 0.25) is 5.88 Å². The first-order chi connectivity index (χ1) is 9.19. The average Bonchev–Trinajstić information content (AvgIpc) is 2.41. The number of nitrogen functional groups attached to an aromatic ring is 1. The van der Waals surface area contributed by atoms with Gasteiger partial charge in [-0.05, 0) is 36.2 Å². The lowest BCUT2D eigenvalue weighted by Gasteiger charge is -2.08. The van der Waals surface area contributed by atoms with Gasteiger partial charge in [0.1, 0.15) is 11.6 Å². The van der Waals surface area contributed by atoms with E-state index in [1.54, 1.807) is 18.2 Å². The topological polar surface area (TPSA) is 60.2 Å². The summed E-state index contributed by atoms with van der Waals surface area (Å²) >= 11 is 0. The highest BCUT2D eigenvalue weighted by Gasteiger charge is 2.02. The van der Waals surface area contributed by atoms with Crippen molar-refractivity contribution >= 4 is 11.5 Å². The van der Waals surface area contributed by atoms with Crippen molar-refractivity contribution in [3.05, 3.63) is 47.8 Å². The average molecular weight is 261 g/mol. The first kappa shape index (κ1) is 13.1. The maximum absolute atomic E-state index is 13.0. The molecule has 4 nitrogen and oxygen atoms in total. The van der Waals surface area contributed by atoms with E-state index in [0.29, 0.717) is 30.4 Å². The van der Waals surface area contributed by atoms with Crippen molar-refractivity contribution in [2.75, 3.05) is 24.7 Å². The Morgan fingerprint density at radius 2 is 2.16 bits per heavy atom. The summed E-state index contributed by atoms with van der Waals surface area (Å²) in [5, 5.41) is 3.15. The Kier molecular flexibility index (Phi) is 4.18. The number of nitrogens with two attached hydrogens (primary N) is 1. The van der Waals surface area contributed by atoms with E-state index in [4.69, 9.17) is 10.5 Å².